The van der Waals surface area contributed by atoms with Gasteiger partial charge in [0.15, 0.2) is 6.10 Å². The maximum atomic E-state index is 13.0. The highest BCUT2D eigenvalue weighted by molar-refractivity contribution is 5.76. The molecule has 1 fully saturated rings. The molecule has 132 valence electrons. The molecule has 0 unspecified atom stereocenters. The van der Waals surface area contributed by atoms with E-state index in [-0.39, 0.29) is 18.8 Å². The van der Waals surface area contributed by atoms with Crippen molar-refractivity contribution in [2.45, 2.75) is 32.4 Å². The molecular weight excluding hydrogens is 333 g/mol. The third-order valence-corrected chi connectivity index (χ3v) is 3.53. The fourth-order valence-electron chi connectivity index (χ4n) is 2.45. The van der Waals surface area contributed by atoms with E-state index in [1.165, 1.54) is 11.0 Å². The summed E-state index contributed by atoms with van der Waals surface area (Å²) in [6.07, 6.45) is -6.48. The summed E-state index contributed by atoms with van der Waals surface area (Å²) in [6, 6.07) is 2.68. The van der Waals surface area contributed by atoms with Gasteiger partial charge in [0.25, 0.3) is 5.69 Å². The van der Waals surface area contributed by atoms with Gasteiger partial charge in [-0.3, -0.25) is 10.1 Å². The van der Waals surface area contributed by atoms with Crippen molar-refractivity contribution in [3.8, 4) is 0 Å². The van der Waals surface area contributed by atoms with Crippen molar-refractivity contribution in [3.05, 3.63) is 33.9 Å². The zero-order valence-corrected chi connectivity index (χ0v) is 12.9. The summed E-state index contributed by atoms with van der Waals surface area (Å²) in [7, 11) is 0. The van der Waals surface area contributed by atoms with Gasteiger partial charge in [0, 0.05) is 11.8 Å². The average Bonchev–Trinajstić information content (AvgIpc) is 2.88. The van der Waals surface area contributed by atoms with E-state index in [1.807, 2.05) is 0 Å². The Bertz CT molecular complexity index is 650. The van der Waals surface area contributed by atoms with Crippen molar-refractivity contribution in [2.75, 3.05) is 18.1 Å². The first kappa shape index (κ1) is 18.0. The number of alkyl halides is 3. The van der Waals surface area contributed by atoms with E-state index in [9.17, 15) is 28.1 Å². The van der Waals surface area contributed by atoms with Crippen LogP contribution in [0.1, 0.15) is 19.4 Å². The molecule has 0 radical (unpaired) electrons. The van der Waals surface area contributed by atoms with Crippen molar-refractivity contribution in [2.24, 2.45) is 0 Å². The molecular formula is C14H15F3N2O5. The number of ether oxygens (including phenoxy) is 2. The molecule has 1 heterocycles. The zero-order chi connectivity index (χ0) is 18.1. The van der Waals surface area contributed by atoms with Crippen LogP contribution in [0.4, 0.5) is 24.5 Å². The molecule has 7 nitrogen and oxygen atoms in total. The first-order valence-electron chi connectivity index (χ1n) is 7.09. The normalized spacial score (nSPS) is 21.0. The summed E-state index contributed by atoms with van der Waals surface area (Å²) in [5.74, 6) is -0.607. The highest BCUT2D eigenvalue weighted by atomic mass is 19.4. The number of nitro benzene ring substituents is 1. The number of anilines is 1. The van der Waals surface area contributed by atoms with Gasteiger partial charge in [0.2, 0.25) is 0 Å². The highest BCUT2D eigenvalue weighted by Gasteiger charge is 2.41. The predicted octanol–water partition coefficient (Wildman–Crippen LogP) is 2.73. The molecule has 0 amide bonds. The summed E-state index contributed by atoms with van der Waals surface area (Å²) in [5, 5.41) is 10.8. The molecule has 0 saturated carbocycles. The summed E-state index contributed by atoms with van der Waals surface area (Å²) >= 11 is 0. The molecule has 2 rings (SSSR count). The topological polar surface area (TPSA) is 81.9 Å². The lowest BCUT2D eigenvalue weighted by Crippen LogP contribution is -2.30. The molecule has 1 aliphatic heterocycles. The fraction of sp³-hybridized carbons (Fsp3) is 0.500. The molecule has 0 aliphatic carbocycles. The second-order valence-corrected chi connectivity index (χ2v) is 5.08. The van der Waals surface area contributed by atoms with Crippen molar-refractivity contribution in [1.82, 2.24) is 0 Å². The minimum absolute atomic E-state index is 0.00485. The standard InChI is InChI=1S/C14H15F3N2O5/c1-3-23-13(20)12-7-18(8(2)24-12)9-4-5-11(19(21)22)10(6-9)14(15,16)17/h4-6,8,12H,3,7H2,1-2H3/t8-,12+/m1/s1. The summed E-state index contributed by atoms with van der Waals surface area (Å²) in [4.78, 5) is 22.8. The van der Waals surface area contributed by atoms with E-state index >= 15 is 0 Å². The number of nitrogens with zero attached hydrogens (tertiary/aromatic N) is 2. The minimum atomic E-state index is -4.87. The molecule has 2 atom stereocenters. The molecule has 1 saturated heterocycles. The van der Waals surface area contributed by atoms with Crippen LogP contribution < -0.4 is 4.90 Å². The Morgan fingerprint density at radius 3 is 2.71 bits per heavy atom. The third-order valence-electron chi connectivity index (χ3n) is 3.53. The summed E-state index contributed by atoms with van der Waals surface area (Å²) in [5.41, 5.74) is -2.30. The van der Waals surface area contributed by atoms with Crippen LogP contribution in [-0.2, 0) is 20.4 Å². The lowest BCUT2D eigenvalue weighted by atomic mass is 10.1. The molecule has 0 spiro atoms. The van der Waals surface area contributed by atoms with Crippen molar-refractivity contribution >= 4 is 17.3 Å². The molecule has 0 bridgehead atoms. The van der Waals surface area contributed by atoms with E-state index < -0.39 is 40.7 Å². The second-order valence-electron chi connectivity index (χ2n) is 5.08. The molecule has 10 heteroatoms. The van der Waals surface area contributed by atoms with Crippen molar-refractivity contribution in [1.29, 1.82) is 0 Å². The zero-order valence-electron chi connectivity index (χ0n) is 12.9. The number of benzene rings is 1. The molecule has 1 aromatic carbocycles. The van der Waals surface area contributed by atoms with Crippen LogP contribution in [0.25, 0.3) is 0 Å². The van der Waals surface area contributed by atoms with Crippen molar-refractivity contribution < 1.29 is 32.4 Å². The second kappa shape index (κ2) is 6.63. The smallest absolute Gasteiger partial charge is 0.423 e. The maximum absolute atomic E-state index is 13.0. The number of carbonyl (C=O) groups excluding carboxylic acids is 1. The number of esters is 1. The SMILES string of the molecule is CCOC(=O)[C@@H]1CN(c2ccc([N+](=O)[O-])c(C(F)(F)F)c2)[C@@H](C)O1. The van der Waals surface area contributed by atoms with Crippen LogP contribution in [0.5, 0.6) is 0 Å². The number of halogens is 3. The Morgan fingerprint density at radius 1 is 1.50 bits per heavy atom. The quantitative estimate of drug-likeness (QED) is 0.473. The predicted molar refractivity (Wildman–Crippen MR) is 76.4 cm³/mol. The van der Waals surface area contributed by atoms with Gasteiger partial charge in [0.05, 0.1) is 18.1 Å². The number of hydrogen-bond donors (Lipinski definition) is 0. The molecule has 0 N–H and O–H groups in total. The average molecular weight is 348 g/mol. The Morgan fingerprint density at radius 2 is 2.17 bits per heavy atom. The first-order chi connectivity index (χ1) is 11.1. The molecule has 1 aliphatic rings. The largest absolute Gasteiger partial charge is 0.464 e. The minimum Gasteiger partial charge on any atom is -0.464 e. The Hall–Kier alpha value is -2.36. The van der Waals surface area contributed by atoms with Gasteiger partial charge < -0.3 is 14.4 Å². The number of nitro groups is 1. The van der Waals surface area contributed by atoms with Gasteiger partial charge >= 0.3 is 12.1 Å². The summed E-state index contributed by atoms with van der Waals surface area (Å²) in [6.45, 7) is 3.34. The number of rotatable bonds is 4. The molecule has 1 aromatic rings. The van der Waals surface area contributed by atoms with Crippen LogP contribution in [0.2, 0.25) is 0 Å². The Balaban J connectivity index is 2.32. The van der Waals surface area contributed by atoms with Crippen molar-refractivity contribution in [3.63, 3.8) is 0 Å². The van der Waals surface area contributed by atoms with Gasteiger partial charge in [0.1, 0.15) is 11.8 Å². The van der Waals surface area contributed by atoms with Gasteiger partial charge in [-0.15, -0.1) is 0 Å². The first-order valence-corrected chi connectivity index (χ1v) is 7.09. The van der Waals surface area contributed by atoms with Crippen LogP contribution in [0.15, 0.2) is 18.2 Å². The van der Waals surface area contributed by atoms with Crippen LogP contribution in [-0.4, -0.2) is 36.4 Å². The van der Waals surface area contributed by atoms with Gasteiger partial charge in [-0.2, -0.15) is 13.2 Å². The number of hydrogen-bond acceptors (Lipinski definition) is 6. The maximum Gasteiger partial charge on any atom is 0.423 e. The third kappa shape index (κ3) is 3.58. The Kier molecular flexibility index (Phi) is 4.97. The van der Waals surface area contributed by atoms with E-state index in [0.717, 1.165) is 6.07 Å². The fourth-order valence-corrected chi connectivity index (χ4v) is 2.45. The lowest BCUT2D eigenvalue weighted by molar-refractivity contribution is -0.388. The lowest BCUT2D eigenvalue weighted by Gasteiger charge is -2.22. The summed E-state index contributed by atoms with van der Waals surface area (Å²) < 4.78 is 49.4. The van der Waals surface area contributed by atoms with E-state index in [0.29, 0.717) is 6.07 Å². The van der Waals surface area contributed by atoms with Gasteiger partial charge in [-0.1, -0.05) is 0 Å². The highest BCUT2D eigenvalue weighted by Crippen LogP contribution is 2.39. The van der Waals surface area contributed by atoms with Gasteiger partial charge in [-0.25, -0.2) is 4.79 Å². The number of carbonyl (C=O) groups is 1. The molecule has 0 aromatic heterocycles. The van der Waals surface area contributed by atoms with E-state index in [2.05, 4.69) is 0 Å². The van der Waals surface area contributed by atoms with E-state index in [1.54, 1.807) is 13.8 Å². The van der Waals surface area contributed by atoms with Gasteiger partial charge in [-0.05, 0) is 26.0 Å². The van der Waals surface area contributed by atoms with Crippen LogP contribution >= 0.6 is 0 Å². The monoisotopic (exact) mass is 348 g/mol. The van der Waals surface area contributed by atoms with E-state index in [4.69, 9.17) is 9.47 Å². The van der Waals surface area contributed by atoms with Crippen LogP contribution in [0.3, 0.4) is 0 Å². The van der Waals surface area contributed by atoms with Crippen LogP contribution in [0, 0.1) is 10.1 Å². The Labute approximate surface area is 135 Å². The molecule has 24 heavy (non-hydrogen) atoms.